The molecule has 0 aliphatic carbocycles. The van der Waals surface area contributed by atoms with Crippen molar-refractivity contribution in [2.75, 3.05) is 23.3 Å². The lowest BCUT2D eigenvalue weighted by Gasteiger charge is -2.24. The van der Waals surface area contributed by atoms with Crippen molar-refractivity contribution in [3.63, 3.8) is 0 Å². The first-order valence-electron chi connectivity index (χ1n) is 6.43. The molecule has 0 radical (unpaired) electrons. The van der Waals surface area contributed by atoms with Gasteiger partial charge in [-0.05, 0) is 31.0 Å². The zero-order valence-electron chi connectivity index (χ0n) is 11.0. The SMILES string of the molecule is CCCN(CCBr)c1nc2ccccc2cc1C. The number of aromatic nitrogens is 1. The van der Waals surface area contributed by atoms with Crippen molar-refractivity contribution in [2.45, 2.75) is 20.3 Å². The number of rotatable bonds is 5. The number of pyridine rings is 1. The van der Waals surface area contributed by atoms with E-state index in [0.29, 0.717) is 0 Å². The fourth-order valence-corrected chi connectivity index (χ4v) is 2.66. The zero-order chi connectivity index (χ0) is 13.0. The molecule has 96 valence electrons. The molecule has 0 aliphatic heterocycles. The van der Waals surface area contributed by atoms with E-state index in [1.54, 1.807) is 0 Å². The summed E-state index contributed by atoms with van der Waals surface area (Å²) in [5, 5.41) is 2.19. The molecule has 0 saturated heterocycles. The second-order valence-corrected chi connectivity index (χ2v) is 5.29. The number of anilines is 1. The van der Waals surface area contributed by atoms with E-state index in [1.165, 1.54) is 10.9 Å². The summed E-state index contributed by atoms with van der Waals surface area (Å²) >= 11 is 3.52. The fourth-order valence-electron chi connectivity index (χ4n) is 2.23. The van der Waals surface area contributed by atoms with Gasteiger partial charge in [-0.2, -0.15) is 0 Å². The van der Waals surface area contributed by atoms with Crippen molar-refractivity contribution in [3.05, 3.63) is 35.9 Å². The van der Waals surface area contributed by atoms with Crippen molar-refractivity contribution < 1.29 is 0 Å². The fraction of sp³-hybridized carbons (Fsp3) is 0.400. The second-order valence-electron chi connectivity index (χ2n) is 4.50. The summed E-state index contributed by atoms with van der Waals surface area (Å²) in [6.07, 6.45) is 1.14. The predicted molar refractivity (Wildman–Crippen MR) is 82.8 cm³/mol. The van der Waals surface area contributed by atoms with E-state index in [2.05, 4.69) is 58.9 Å². The molecule has 2 nitrogen and oxygen atoms in total. The molecule has 2 rings (SSSR count). The van der Waals surface area contributed by atoms with Crippen molar-refractivity contribution in [1.82, 2.24) is 4.98 Å². The monoisotopic (exact) mass is 306 g/mol. The highest BCUT2D eigenvalue weighted by molar-refractivity contribution is 9.09. The van der Waals surface area contributed by atoms with Crippen LogP contribution in [0.15, 0.2) is 30.3 Å². The summed E-state index contributed by atoms with van der Waals surface area (Å²) in [5.74, 6) is 1.12. The van der Waals surface area contributed by atoms with Gasteiger partial charge in [-0.3, -0.25) is 0 Å². The summed E-state index contributed by atoms with van der Waals surface area (Å²) in [6, 6.07) is 10.5. The molecule has 0 saturated carbocycles. The van der Waals surface area contributed by atoms with Crippen LogP contribution in [0.4, 0.5) is 5.82 Å². The largest absolute Gasteiger partial charge is 0.356 e. The second kappa shape index (κ2) is 6.19. The standard InChI is InChI=1S/C15H19BrN2/c1-3-9-18(10-8-16)15-12(2)11-13-6-4-5-7-14(13)17-15/h4-7,11H,3,8-10H2,1-2H3. The summed E-state index contributed by atoms with van der Waals surface area (Å²) in [7, 11) is 0. The van der Waals surface area contributed by atoms with Crippen LogP contribution < -0.4 is 4.90 Å². The van der Waals surface area contributed by atoms with Crippen molar-refractivity contribution >= 4 is 32.7 Å². The van der Waals surface area contributed by atoms with E-state index in [4.69, 9.17) is 4.98 Å². The first-order chi connectivity index (χ1) is 8.76. The molecular formula is C15H19BrN2. The molecule has 0 fully saturated rings. The smallest absolute Gasteiger partial charge is 0.132 e. The van der Waals surface area contributed by atoms with Gasteiger partial charge in [0, 0.05) is 23.8 Å². The number of benzene rings is 1. The maximum Gasteiger partial charge on any atom is 0.132 e. The van der Waals surface area contributed by atoms with Crippen molar-refractivity contribution in [2.24, 2.45) is 0 Å². The van der Waals surface area contributed by atoms with Gasteiger partial charge in [0.05, 0.1) is 5.52 Å². The molecule has 0 unspecified atom stereocenters. The topological polar surface area (TPSA) is 16.1 Å². The third-order valence-electron chi connectivity index (χ3n) is 3.04. The average Bonchev–Trinajstić information content (AvgIpc) is 2.38. The lowest BCUT2D eigenvalue weighted by atomic mass is 10.1. The number of hydrogen-bond acceptors (Lipinski definition) is 2. The quantitative estimate of drug-likeness (QED) is 0.771. The van der Waals surface area contributed by atoms with E-state index in [1.807, 2.05) is 6.07 Å². The Kier molecular flexibility index (Phi) is 4.59. The molecule has 2 aromatic rings. The Morgan fingerprint density at radius 3 is 2.72 bits per heavy atom. The summed E-state index contributed by atoms with van der Waals surface area (Å²) < 4.78 is 0. The Bertz CT molecular complexity index is 519. The summed E-state index contributed by atoms with van der Waals surface area (Å²) in [5.41, 5.74) is 2.33. The Hall–Kier alpha value is -1.09. The van der Waals surface area contributed by atoms with Gasteiger partial charge in [0.15, 0.2) is 0 Å². The van der Waals surface area contributed by atoms with E-state index in [0.717, 1.165) is 36.2 Å². The van der Waals surface area contributed by atoms with Crippen LogP contribution >= 0.6 is 15.9 Å². The van der Waals surface area contributed by atoms with Gasteiger partial charge < -0.3 is 4.90 Å². The summed E-state index contributed by atoms with van der Waals surface area (Å²) in [4.78, 5) is 7.18. The minimum absolute atomic E-state index is 0.973. The minimum Gasteiger partial charge on any atom is -0.356 e. The first-order valence-corrected chi connectivity index (χ1v) is 7.55. The Morgan fingerprint density at radius 2 is 2.00 bits per heavy atom. The molecule has 0 bridgehead atoms. The number of halogens is 1. The molecule has 0 amide bonds. The van der Waals surface area contributed by atoms with Crippen molar-refractivity contribution in [3.8, 4) is 0 Å². The van der Waals surface area contributed by atoms with Gasteiger partial charge in [0.25, 0.3) is 0 Å². The molecule has 18 heavy (non-hydrogen) atoms. The highest BCUT2D eigenvalue weighted by Crippen LogP contribution is 2.23. The van der Waals surface area contributed by atoms with Gasteiger partial charge in [-0.15, -0.1) is 0 Å². The van der Waals surface area contributed by atoms with Crippen LogP contribution in [0.5, 0.6) is 0 Å². The van der Waals surface area contributed by atoms with E-state index in [9.17, 15) is 0 Å². The van der Waals surface area contributed by atoms with Crippen LogP contribution in [0.25, 0.3) is 10.9 Å². The number of fused-ring (bicyclic) bond motifs is 1. The normalized spacial score (nSPS) is 10.8. The third kappa shape index (κ3) is 2.83. The van der Waals surface area contributed by atoms with Crippen LogP contribution in [-0.4, -0.2) is 23.4 Å². The summed E-state index contributed by atoms with van der Waals surface area (Å²) in [6.45, 7) is 6.40. The van der Waals surface area contributed by atoms with Crippen LogP contribution in [0.1, 0.15) is 18.9 Å². The average molecular weight is 307 g/mol. The van der Waals surface area contributed by atoms with E-state index < -0.39 is 0 Å². The minimum atomic E-state index is 0.973. The molecule has 3 heteroatoms. The molecule has 0 atom stereocenters. The van der Waals surface area contributed by atoms with Gasteiger partial charge >= 0.3 is 0 Å². The predicted octanol–water partition coefficient (Wildman–Crippen LogP) is 4.15. The third-order valence-corrected chi connectivity index (χ3v) is 3.39. The van der Waals surface area contributed by atoms with E-state index >= 15 is 0 Å². The van der Waals surface area contributed by atoms with Gasteiger partial charge in [0.2, 0.25) is 0 Å². The lowest BCUT2D eigenvalue weighted by molar-refractivity contribution is 0.783. The maximum atomic E-state index is 4.82. The Morgan fingerprint density at radius 1 is 1.22 bits per heavy atom. The van der Waals surface area contributed by atoms with Crippen molar-refractivity contribution in [1.29, 1.82) is 0 Å². The number of hydrogen-bond donors (Lipinski definition) is 0. The number of alkyl halides is 1. The van der Waals surface area contributed by atoms with Crippen LogP contribution in [0.3, 0.4) is 0 Å². The molecule has 1 aromatic carbocycles. The zero-order valence-corrected chi connectivity index (χ0v) is 12.6. The Balaban J connectivity index is 2.44. The highest BCUT2D eigenvalue weighted by Gasteiger charge is 2.10. The van der Waals surface area contributed by atoms with Crippen LogP contribution in [0.2, 0.25) is 0 Å². The lowest BCUT2D eigenvalue weighted by Crippen LogP contribution is -2.27. The number of para-hydroxylation sites is 1. The van der Waals surface area contributed by atoms with Gasteiger partial charge in [-0.1, -0.05) is 41.1 Å². The Labute approximate surface area is 117 Å². The van der Waals surface area contributed by atoms with E-state index in [-0.39, 0.29) is 0 Å². The van der Waals surface area contributed by atoms with Crippen LogP contribution in [-0.2, 0) is 0 Å². The number of nitrogens with zero attached hydrogens (tertiary/aromatic N) is 2. The molecule has 0 spiro atoms. The van der Waals surface area contributed by atoms with Gasteiger partial charge in [0.1, 0.15) is 5.82 Å². The molecule has 1 aromatic heterocycles. The maximum absolute atomic E-state index is 4.82. The first kappa shape index (κ1) is 13.3. The molecule has 0 N–H and O–H groups in total. The molecule has 1 heterocycles. The number of aryl methyl sites for hydroxylation is 1. The van der Waals surface area contributed by atoms with Gasteiger partial charge in [-0.25, -0.2) is 4.98 Å². The highest BCUT2D eigenvalue weighted by atomic mass is 79.9. The molecule has 0 aliphatic rings. The van der Waals surface area contributed by atoms with Crippen LogP contribution in [0, 0.1) is 6.92 Å². The molecular weight excluding hydrogens is 288 g/mol.